The fraction of sp³-hybridized carbons (Fsp3) is 0.647. The Balaban J connectivity index is 2.05. The van der Waals surface area contributed by atoms with Crippen LogP contribution in [0.2, 0.25) is 0 Å². The second-order valence-corrected chi connectivity index (χ2v) is 5.46. The Hall–Kier alpha value is -1.02. The van der Waals surface area contributed by atoms with Crippen molar-refractivity contribution in [3.8, 4) is 5.75 Å². The molecule has 0 unspecified atom stereocenters. The summed E-state index contributed by atoms with van der Waals surface area (Å²) in [6.07, 6.45) is 4.89. The molecule has 1 aromatic rings. The average molecular weight is 261 g/mol. The van der Waals surface area contributed by atoms with E-state index in [1.807, 2.05) is 6.92 Å². The van der Waals surface area contributed by atoms with Crippen molar-refractivity contribution in [3.05, 3.63) is 29.3 Å². The zero-order chi connectivity index (χ0) is 13.7. The van der Waals surface area contributed by atoms with Gasteiger partial charge >= 0.3 is 0 Å². The van der Waals surface area contributed by atoms with Gasteiger partial charge in [-0.05, 0) is 69.0 Å². The summed E-state index contributed by atoms with van der Waals surface area (Å²) in [5.41, 5.74) is 3.01. The monoisotopic (exact) mass is 261 g/mol. The third kappa shape index (κ3) is 3.50. The van der Waals surface area contributed by atoms with Gasteiger partial charge in [0, 0.05) is 6.04 Å². The zero-order valence-electron chi connectivity index (χ0n) is 12.6. The van der Waals surface area contributed by atoms with Crippen molar-refractivity contribution in [3.63, 3.8) is 0 Å². The summed E-state index contributed by atoms with van der Waals surface area (Å²) < 4.78 is 5.61. The molecule has 2 nitrogen and oxygen atoms in total. The predicted molar refractivity (Wildman–Crippen MR) is 81.0 cm³/mol. The van der Waals surface area contributed by atoms with E-state index in [4.69, 9.17) is 4.74 Å². The van der Waals surface area contributed by atoms with Gasteiger partial charge in [0.05, 0.1) is 6.61 Å². The van der Waals surface area contributed by atoms with E-state index < -0.39 is 0 Å². The molecule has 0 amide bonds. The highest BCUT2D eigenvalue weighted by Crippen LogP contribution is 2.29. The topological polar surface area (TPSA) is 12.5 Å². The minimum atomic E-state index is 0.701. The lowest BCUT2D eigenvalue weighted by molar-refractivity contribution is 0.202. The van der Waals surface area contributed by atoms with Crippen molar-refractivity contribution in [2.24, 2.45) is 0 Å². The van der Waals surface area contributed by atoms with Crippen LogP contribution in [-0.2, 0) is 12.8 Å². The summed E-state index contributed by atoms with van der Waals surface area (Å²) >= 11 is 0. The van der Waals surface area contributed by atoms with Gasteiger partial charge in [0.25, 0.3) is 0 Å². The third-order valence-electron chi connectivity index (χ3n) is 3.94. The Morgan fingerprint density at radius 2 is 1.74 bits per heavy atom. The predicted octanol–water partition coefficient (Wildman–Crippen LogP) is 3.67. The van der Waals surface area contributed by atoms with E-state index in [1.165, 1.54) is 49.9 Å². The number of fused-ring (bicyclic) bond motifs is 1. The molecule has 0 bridgehead atoms. The molecule has 19 heavy (non-hydrogen) atoms. The molecular formula is C17H27NO. The number of nitrogens with zero attached hydrogens (tertiary/aromatic N) is 1. The van der Waals surface area contributed by atoms with Gasteiger partial charge in [0.2, 0.25) is 0 Å². The SMILES string of the molecule is CCCN(CCC)[C@H]1Cc2ccc(OCC)cc2C1. The highest BCUT2D eigenvalue weighted by atomic mass is 16.5. The summed E-state index contributed by atoms with van der Waals surface area (Å²) in [5, 5.41) is 0. The maximum atomic E-state index is 5.61. The normalized spacial score (nSPS) is 17.8. The number of hydrogen-bond donors (Lipinski definition) is 0. The lowest BCUT2D eigenvalue weighted by Gasteiger charge is -2.27. The van der Waals surface area contributed by atoms with E-state index in [2.05, 4.69) is 36.9 Å². The Bertz CT molecular complexity index is 396. The van der Waals surface area contributed by atoms with Crippen LogP contribution >= 0.6 is 0 Å². The van der Waals surface area contributed by atoms with Crippen molar-refractivity contribution >= 4 is 0 Å². The third-order valence-corrected chi connectivity index (χ3v) is 3.94. The van der Waals surface area contributed by atoms with Crippen LogP contribution < -0.4 is 4.74 Å². The Kier molecular flexibility index (Phi) is 5.26. The molecule has 0 saturated heterocycles. The van der Waals surface area contributed by atoms with E-state index in [0.29, 0.717) is 6.04 Å². The number of benzene rings is 1. The maximum absolute atomic E-state index is 5.61. The van der Waals surface area contributed by atoms with Gasteiger partial charge in [-0.1, -0.05) is 19.9 Å². The summed E-state index contributed by atoms with van der Waals surface area (Å²) in [6.45, 7) is 9.80. The second kappa shape index (κ2) is 6.95. The van der Waals surface area contributed by atoms with Crippen molar-refractivity contribution in [2.45, 2.75) is 52.5 Å². The molecule has 0 radical (unpaired) electrons. The van der Waals surface area contributed by atoms with Gasteiger partial charge in [-0.2, -0.15) is 0 Å². The first-order valence-electron chi connectivity index (χ1n) is 7.77. The van der Waals surface area contributed by atoms with Gasteiger partial charge in [-0.15, -0.1) is 0 Å². The van der Waals surface area contributed by atoms with E-state index >= 15 is 0 Å². The van der Waals surface area contributed by atoms with Crippen LogP contribution in [-0.4, -0.2) is 30.6 Å². The van der Waals surface area contributed by atoms with Crippen molar-refractivity contribution in [1.82, 2.24) is 4.90 Å². The Morgan fingerprint density at radius 3 is 2.37 bits per heavy atom. The van der Waals surface area contributed by atoms with E-state index in [1.54, 1.807) is 0 Å². The zero-order valence-corrected chi connectivity index (χ0v) is 12.6. The molecule has 0 saturated carbocycles. The Labute approximate surface area is 117 Å². The second-order valence-electron chi connectivity index (χ2n) is 5.46. The van der Waals surface area contributed by atoms with Crippen LogP contribution in [0.15, 0.2) is 18.2 Å². The van der Waals surface area contributed by atoms with Crippen molar-refractivity contribution in [1.29, 1.82) is 0 Å². The van der Waals surface area contributed by atoms with E-state index in [9.17, 15) is 0 Å². The summed E-state index contributed by atoms with van der Waals surface area (Å²) in [6, 6.07) is 7.33. The molecule has 1 aliphatic carbocycles. The standard InChI is InChI=1S/C17H27NO/c1-4-9-18(10-5-2)16-11-14-7-8-17(19-6-3)13-15(14)12-16/h7-8,13,16H,4-6,9-12H2,1-3H3/t16-/m0/s1. The van der Waals surface area contributed by atoms with Gasteiger partial charge in [-0.25, -0.2) is 0 Å². The van der Waals surface area contributed by atoms with Crippen molar-refractivity contribution in [2.75, 3.05) is 19.7 Å². The van der Waals surface area contributed by atoms with Gasteiger partial charge in [0.1, 0.15) is 5.75 Å². The van der Waals surface area contributed by atoms with E-state index in [-0.39, 0.29) is 0 Å². The first-order valence-corrected chi connectivity index (χ1v) is 7.77. The highest BCUT2D eigenvalue weighted by Gasteiger charge is 2.26. The van der Waals surface area contributed by atoms with E-state index in [0.717, 1.165) is 12.4 Å². The summed E-state index contributed by atoms with van der Waals surface area (Å²) in [7, 11) is 0. The maximum Gasteiger partial charge on any atom is 0.119 e. The molecule has 106 valence electrons. The van der Waals surface area contributed by atoms with Gasteiger partial charge in [0.15, 0.2) is 0 Å². The van der Waals surface area contributed by atoms with Gasteiger partial charge < -0.3 is 4.74 Å². The highest BCUT2D eigenvalue weighted by molar-refractivity contribution is 5.40. The fourth-order valence-corrected chi connectivity index (χ4v) is 3.14. The largest absolute Gasteiger partial charge is 0.494 e. The quantitative estimate of drug-likeness (QED) is 0.742. The minimum Gasteiger partial charge on any atom is -0.494 e. The molecule has 0 aliphatic heterocycles. The van der Waals surface area contributed by atoms with Crippen LogP contribution in [0.1, 0.15) is 44.7 Å². The van der Waals surface area contributed by atoms with Gasteiger partial charge in [-0.3, -0.25) is 4.90 Å². The van der Waals surface area contributed by atoms with Crippen LogP contribution in [0.4, 0.5) is 0 Å². The van der Waals surface area contributed by atoms with Crippen molar-refractivity contribution < 1.29 is 4.74 Å². The first kappa shape index (κ1) is 14.4. The first-order chi connectivity index (χ1) is 9.28. The summed E-state index contributed by atoms with van der Waals surface area (Å²) in [4.78, 5) is 2.67. The average Bonchev–Trinajstić information content (AvgIpc) is 2.82. The number of rotatable bonds is 7. The molecule has 0 N–H and O–H groups in total. The summed E-state index contributed by atoms with van der Waals surface area (Å²) in [5.74, 6) is 1.03. The molecule has 0 spiro atoms. The number of hydrogen-bond acceptors (Lipinski definition) is 2. The van der Waals surface area contributed by atoms with Crippen LogP contribution in [0.5, 0.6) is 5.75 Å². The minimum absolute atomic E-state index is 0.701. The molecule has 1 atom stereocenters. The molecule has 0 fully saturated rings. The lowest BCUT2D eigenvalue weighted by atomic mass is 10.1. The fourth-order valence-electron chi connectivity index (χ4n) is 3.14. The van der Waals surface area contributed by atoms with Crippen LogP contribution in [0.25, 0.3) is 0 Å². The number of ether oxygens (including phenoxy) is 1. The van der Waals surface area contributed by atoms with Crippen LogP contribution in [0.3, 0.4) is 0 Å². The smallest absolute Gasteiger partial charge is 0.119 e. The lowest BCUT2D eigenvalue weighted by Crippen LogP contribution is -2.37. The molecule has 0 aromatic heterocycles. The Morgan fingerprint density at radius 1 is 1.05 bits per heavy atom. The molecule has 1 aromatic carbocycles. The molecule has 2 heteroatoms. The molecule has 2 rings (SSSR count). The molecular weight excluding hydrogens is 234 g/mol. The van der Waals surface area contributed by atoms with Crippen LogP contribution in [0, 0.1) is 0 Å². The molecule has 1 aliphatic rings. The molecule has 0 heterocycles.